The van der Waals surface area contributed by atoms with Gasteiger partial charge in [-0.2, -0.15) is 0 Å². The summed E-state index contributed by atoms with van der Waals surface area (Å²) >= 11 is 0. The molecule has 2 aromatic carbocycles. The number of carbonyl (C=O) groups excluding carboxylic acids is 5. The van der Waals surface area contributed by atoms with Gasteiger partial charge in [0.15, 0.2) is 0 Å². The zero-order valence-corrected chi connectivity index (χ0v) is 23.9. The lowest BCUT2D eigenvalue weighted by Crippen LogP contribution is -2.42. The van der Waals surface area contributed by atoms with Crippen molar-refractivity contribution in [1.82, 2.24) is 25.5 Å². The summed E-state index contributed by atoms with van der Waals surface area (Å²) in [4.78, 5) is 70.6. The molecule has 0 spiro atoms. The van der Waals surface area contributed by atoms with E-state index in [0.29, 0.717) is 29.9 Å². The number of urea groups is 1. The highest BCUT2D eigenvalue weighted by Crippen LogP contribution is 2.16. The molecule has 42 heavy (non-hydrogen) atoms. The van der Waals surface area contributed by atoms with E-state index in [1.807, 2.05) is 24.3 Å². The number of H-pyrrole nitrogens is 1. The molecule has 0 radical (unpaired) electrons. The molecule has 2 atom stereocenters. The highest BCUT2D eigenvalue weighted by molar-refractivity contribution is 6.07. The topological polar surface area (TPSA) is 172 Å². The number of nitrogens with zero attached hydrogens (tertiary/aromatic N) is 2. The molecule has 222 valence electrons. The fraction of sp³-hybridized carbons (Fsp3) is 0.379. The zero-order chi connectivity index (χ0) is 30.4. The summed E-state index contributed by atoms with van der Waals surface area (Å²) in [5.41, 5.74) is 1.97. The molecular weight excluding hydrogens is 544 g/mol. The third-order valence-electron chi connectivity index (χ3n) is 6.19. The normalized spacial score (nSPS) is 15.7. The average molecular weight is 579 g/mol. The molecule has 0 unspecified atom stereocenters. The fourth-order valence-corrected chi connectivity index (χ4v) is 4.23. The SMILES string of the molecule is C[C@H](NC(=O)OCc1cccc(NC(=O)CN2C(=O)N[C@@H](CCc3nc4ccccc4[nH]3)C2=O)c1)C(=O)OC(C)(C)C. The van der Waals surface area contributed by atoms with E-state index in [1.165, 1.54) is 6.92 Å². The lowest BCUT2D eigenvalue weighted by atomic mass is 10.1. The van der Waals surface area contributed by atoms with Crippen molar-refractivity contribution in [3.05, 3.63) is 59.9 Å². The van der Waals surface area contributed by atoms with Gasteiger partial charge < -0.3 is 30.4 Å². The molecule has 2 heterocycles. The number of amides is 5. The standard InChI is InChI=1S/C29H34N6O7/c1-17(26(38)42-29(2,3)4)30-28(40)41-16-18-8-7-9-19(14-18)31-24(36)15-35-25(37)22(34-27(35)39)12-13-23-32-20-10-5-6-11-21(20)33-23/h5-11,14,17,22H,12-13,15-16H2,1-4H3,(H,30,40)(H,31,36)(H,32,33)(H,34,39)/t17-,22-/m0/s1. The molecule has 1 saturated heterocycles. The maximum Gasteiger partial charge on any atom is 0.408 e. The Labute approximate surface area is 242 Å². The van der Waals surface area contributed by atoms with Gasteiger partial charge in [0, 0.05) is 12.1 Å². The van der Waals surface area contributed by atoms with Gasteiger partial charge in [-0.25, -0.2) is 19.4 Å². The van der Waals surface area contributed by atoms with Crippen LogP contribution in [0.5, 0.6) is 0 Å². The first-order chi connectivity index (χ1) is 19.9. The molecule has 0 saturated carbocycles. The molecule has 4 rings (SSSR count). The number of alkyl carbamates (subject to hydrolysis) is 1. The highest BCUT2D eigenvalue weighted by atomic mass is 16.6. The largest absolute Gasteiger partial charge is 0.458 e. The highest BCUT2D eigenvalue weighted by Gasteiger charge is 2.38. The van der Waals surface area contributed by atoms with E-state index < -0.39 is 54.1 Å². The van der Waals surface area contributed by atoms with Gasteiger partial charge in [-0.15, -0.1) is 0 Å². The number of esters is 1. The first kappa shape index (κ1) is 30.0. The van der Waals surface area contributed by atoms with E-state index in [-0.39, 0.29) is 6.61 Å². The minimum atomic E-state index is -0.905. The summed E-state index contributed by atoms with van der Waals surface area (Å²) in [6.45, 7) is 6.07. The van der Waals surface area contributed by atoms with Crippen LogP contribution in [0.15, 0.2) is 48.5 Å². The van der Waals surface area contributed by atoms with Crippen LogP contribution in [-0.2, 0) is 36.9 Å². The average Bonchev–Trinajstić information content (AvgIpc) is 3.45. The Morgan fingerprint density at radius 3 is 2.60 bits per heavy atom. The van der Waals surface area contributed by atoms with Gasteiger partial charge in [0.25, 0.3) is 5.91 Å². The summed E-state index contributed by atoms with van der Waals surface area (Å²) in [7, 11) is 0. The van der Waals surface area contributed by atoms with Crippen molar-refractivity contribution < 1.29 is 33.4 Å². The molecule has 1 aromatic heterocycles. The summed E-state index contributed by atoms with van der Waals surface area (Å²) in [6.07, 6.45) is -0.0383. The van der Waals surface area contributed by atoms with Crippen LogP contribution in [0.25, 0.3) is 11.0 Å². The number of carbonyl (C=O) groups is 5. The van der Waals surface area contributed by atoms with Crippen molar-refractivity contribution in [3.8, 4) is 0 Å². The second-order valence-electron chi connectivity index (χ2n) is 10.9. The van der Waals surface area contributed by atoms with Crippen molar-refractivity contribution in [2.75, 3.05) is 11.9 Å². The summed E-state index contributed by atoms with van der Waals surface area (Å²) in [6, 6.07) is 11.8. The van der Waals surface area contributed by atoms with E-state index in [4.69, 9.17) is 9.47 Å². The summed E-state index contributed by atoms with van der Waals surface area (Å²) in [5.74, 6) is -0.946. The number of hydrogen-bond acceptors (Lipinski definition) is 8. The number of hydrogen-bond donors (Lipinski definition) is 4. The van der Waals surface area contributed by atoms with E-state index in [9.17, 15) is 24.0 Å². The number of imide groups is 1. The Hall–Kier alpha value is -4.94. The van der Waals surface area contributed by atoms with Gasteiger partial charge >= 0.3 is 18.1 Å². The van der Waals surface area contributed by atoms with E-state index >= 15 is 0 Å². The molecule has 13 nitrogen and oxygen atoms in total. The molecule has 4 N–H and O–H groups in total. The minimum absolute atomic E-state index is 0.128. The van der Waals surface area contributed by atoms with Crippen LogP contribution in [0.3, 0.4) is 0 Å². The van der Waals surface area contributed by atoms with Gasteiger partial charge in [-0.1, -0.05) is 24.3 Å². The molecule has 13 heteroatoms. The smallest absolute Gasteiger partial charge is 0.408 e. The number of nitrogens with one attached hydrogen (secondary N) is 4. The van der Waals surface area contributed by atoms with Crippen LogP contribution in [-0.4, -0.2) is 69.0 Å². The van der Waals surface area contributed by atoms with E-state index in [2.05, 4.69) is 25.9 Å². The third-order valence-corrected chi connectivity index (χ3v) is 6.19. The maximum absolute atomic E-state index is 12.8. The first-order valence-electron chi connectivity index (χ1n) is 13.5. The number of aromatic amines is 1. The number of anilines is 1. The monoisotopic (exact) mass is 578 g/mol. The second kappa shape index (κ2) is 12.7. The van der Waals surface area contributed by atoms with Crippen LogP contribution in [0.2, 0.25) is 0 Å². The number of fused-ring (bicyclic) bond motifs is 1. The van der Waals surface area contributed by atoms with Crippen LogP contribution < -0.4 is 16.0 Å². The number of para-hydroxylation sites is 2. The van der Waals surface area contributed by atoms with Gasteiger partial charge in [0.2, 0.25) is 5.91 Å². The third kappa shape index (κ3) is 8.05. The predicted octanol–water partition coefficient (Wildman–Crippen LogP) is 3.01. The van der Waals surface area contributed by atoms with Gasteiger partial charge in [-0.05, 0) is 63.9 Å². The quantitative estimate of drug-likeness (QED) is 0.210. The molecule has 0 bridgehead atoms. The predicted molar refractivity (Wildman–Crippen MR) is 152 cm³/mol. The number of rotatable bonds is 10. The Bertz CT molecular complexity index is 1460. The lowest BCUT2D eigenvalue weighted by molar-refractivity contribution is -0.156. The molecule has 3 aromatic rings. The van der Waals surface area contributed by atoms with Crippen LogP contribution >= 0.6 is 0 Å². The second-order valence-corrected chi connectivity index (χ2v) is 10.9. The van der Waals surface area contributed by atoms with Crippen LogP contribution in [0.1, 0.15) is 45.5 Å². The van der Waals surface area contributed by atoms with Crippen molar-refractivity contribution in [3.63, 3.8) is 0 Å². The summed E-state index contributed by atoms with van der Waals surface area (Å²) in [5, 5.41) is 7.69. The number of aryl methyl sites for hydroxylation is 1. The van der Waals surface area contributed by atoms with Crippen molar-refractivity contribution >= 4 is 46.6 Å². The first-order valence-corrected chi connectivity index (χ1v) is 13.5. The summed E-state index contributed by atoms with van der Waals surface area (Å²) < 4.78 is 10.4. The molecule has 1 fully saturated rings. The number of aromatic nitrogens is 2. The molecule has 5 amide bonds. The van der Waals surface area contributed by atoms with Crippen molar-refractivity contribution in [2.24, 2.45) is 0 Å². The zero-order valence-electron chi connectivity index (χ0n) is 23.9. The Kier molecular flexibility index (Phi) is 9.09. The fourth-order valence-electron chi connectivity index (χ4n) is 4.23. The molecule has 1 aliphatic rings. The Morgan fingerprint density at radius 2 is 1.86 bits per heavy atom. The Balaban J connectivity index is 1.24. The van der Waals surface area contributed by atoms with Gasteiger partial charge in [0.1, 0.15) is 36.7 Å². The maximum atomic E-state index is 12.8. The number of imidazole rings is 1. The van der Waals surface area contributed by atoms with Crippen LogP contribution in [0, 0.1) is 0 Å². The van der Waals surface area contributed by atoms with E-state index in [0.717, 1.165) is 15.9 Å². The van der Waals surface area contributed by atoms with E-state index in [1.54, 1.807) is 45.0 Å². The Morgan fingerprint density at radius 1 is 1.10 bits per heavy atom. The molecule has 1 aliphatic heterocycles. The van der Waals surface area contributed by atoms with Crippen molar-refractivity contribution in [1.29, 1.82) is 0 Å². The minimum Gasteiger partial charge on any atom is -0.458 e. The number of benzene rings is 2. The number of ether oxygens (including phenoxy) is 2. The lowest BCUT2D eigenvalue weighted by Gasteiger charge is -2.22. The van der Waals surface area contributed by atoms with Crippen molar-refractivity contribution in [2.45, 2.75) is 64.8 Å². The van der Waals surface area contributed by atoms with Gasteiger partial charge in [-0.3, -0.25) is 14.5 Å². The molecule has 0 aliphatic carbocycles. The van der Waals surface area contributed by atoms with Gasteiger partial charge in [0.05, 0.1) is 11.0 Å². The van der Waals surface area contributed by atoms with Crippen LogP contribution in [0.4, 0.5) is 15.3 Å². The molecular formula is C29H34N6O7.